The van der Waals surface area contributed by atoms with E-state index in [9.17, 15) is 9.18 Å². The summed E-state index contributed by atoms with van der Waals surface area (Å²) in [4.78, 5) is 24.2. The molecule has 0 N–H and O–H groups in total. The number of rotatable bonds is 4. The lowest BCUT2D eigenvalue weighted by molar-refractivity contribution is 0.432. The predicted octanol–water partition coefficient (Wildman–Crippen LogP) is 2.54. The largest absolute Gasteiger partial charge is 0.334 e. The summed E-state index contributed by atoms with van der Waals surface area (Å²) < 4.78 is 20.1. The van der Waals surface area contributed by atoms with E-state index in [1.54, 1.807) is 24.7 Å². The van der Waals surface area contributed by atoms with Crippen LogP contribution in [0, 0.1) is 5.82 Å². The Kier molecular flexibility index (Phi) is 4.06. The van der Waals surface area contributed by atoms with Crippen molar-refractivity contribution in [1.82, 2.24) is 24.7 Å². The standard InChI is InChI=1S/C18H12FN5O2/c19-15-6-14(8-21-9-15)17-22-18(26-23-17)13-3-4-16(25)24(11-13)10-12-2-1-5-20-7-12/h1-9,11H,10H2. The van der Waals surface area contributed by atoms with E-state index in [4.69, 9.17) is 4.52 Å². The van der Waals surface area contributed by atoms with Crippen molar-refractivity contribution in [3.8, 4) is 22.8 Å². The van der Waals surface area contributed by atoms with Gasteiger partial charge in [0.1, 0.15) is 5.82 Å². The Balaban J connectivity index is 1.66. The van der Waals surface area contributed by atoms with Gasteiger partial charge in [-0.2, -0.15) is 4.98 Å². The highest BCUT2D eigenvalue weighted by Gasteiger charge is 2.13. The highest BCUT2D eigenvalue weighted by molar-refractivity contribution is 5.58. The van der Waals surface area contributed by atoms with E-state index in [0.29, 0.717) is 17.7 Å². The van der Waals surface area contributed by atoms with E-state index in [1.807, 2.05) is 12.1 Å². The zero-order valence-corrected chi connectivity index (χ0v) is 13.4. The van der Waals surface area contributed by atoms with Gasteiger partial charge in [0.05, 0.1) is 18.3 Å². The summed E-state index contributed by atoms with van der Waals surface area (Å²) in [6, 6.07) is 7.99. The molecule has 128 valence electrons. The molecule has 0 aliphatic rings. The molecule has 0 fully saturated rings. The van der Waals surface area contributed by atoms with E-state index in [2.05, 4.69) is 20.1 Å². The van der Waals surface area contributed by atoms with Crippen molar-refractivity contribution >= 4 is 0 Å². The van der Waals surface area contributed by atoms with Crippen LogP contribution in [0.5, 0.6) is 0 Å². The van der Waals surface area contributed by atoms with E-state index < -0.39 is 5.82 Å². The maximum Gasteiger partial charge on any atom is 0.259 e. The van der Waals surface area contributed by atoms with Gasteiger partial charge >= 0.3 is 0 Å². The van der Waals surface area contributed by atoms with Crippen LogP contribution in [0.3, 0.4) is 0 Å². The molecule has 26 heavy (non-hydrogen) atoms. The molecule has 0 unspecified atom stereocenters. The summed E-state index contributed by atoms with van der Waals surface area (Å²) in [5.74, 6) is -0.0416. The normalized spacial score (nSPS) is 10.8. The van der Waals surface area contributed by atoms with Gasteiger partial charge < -0.3 is 9.09 Å². The Labute approximate surface area is 146 Å². The number of hydrogen-bond donors (Lipinski definition) is 0. The molecule has 0 spiro atoms. The zero-order chi connectivity index (χ0) is 17.9. The molecule has 0 amide bonds. The highest BCUT2D eigenvalue weighted by Crippen LogP contribution is 2.21. The molecule has 4 rings (SSSR count). The third-order valence-electron chi connectivity index (χ3n) is 3.70. The van der Waals surface area contributed by atoms with Gasteiger partial charge in [-0.3, -0.25) is 14.8 Å². The maximum atomic E-state index is 13.3. The molecule has 0 aliphatic heterocycles. The molecule has 4 aromatic heterocycles. The maximum absolute atomic E-state index is 13.3. The first-order valence-corrected chi connectivity index (χ1v) is 7.73. The van der Waals surface area contributed by atoms with Crippen LogP contribution in [0.25, 0.3) is 22.8 Å². The van der Waals surface area contributed by atoms with Crippen molar-refractivity contribution in [3.05, 3.63) is 83.1 Å². The molecule has 0 radical (unpaired) electrons. The molecule has 0 saturated heterocycles. The highest BCUT2D eigenvalue weighted by atomic mass is 19.1. The van der Waals surface area contributed by atoms with Crippen molar-refractivity contribution in [1.29, 1.82) is 0 Å². The van der Waals surface area contributed by atoms with Crippen LogP contribution in [0.2, 0.25) is 0 Å². The van der Waals surface area contributed by atoms with Gasteiger partial charge in [-0.25, -0.2) is 4.39 Å². The number of aromatic nitrogens is 5. The quantitative estimate of drug-likeness (QED) is 0.563. The van der Waals surface area contributed by atoms with Crippen LogP contribution >= 0.6 is 0 Å². The minimum atomic E-state index is -0.487. The smallest absolute Gasteiger partial charge is 0.259 e. The summed E-state index contributed by atoms with van der Waals surface area (Å²) in [5.41, 5.74) is 1.72. The SMILES string of the molecule is O=c1ccc(-c2nc(-c3cncc(F)c3)no2)cn1Cc1cccnc1. The lowest BCUT2D eigenvalue weighted by atomic mass is 10.2. The van der Waals surface area contributed by atoms with Crippen LogP contribution in [-0.4, -0.2) is 24.7 Å². The third kappa shape index (κ3) is 3.25. The lowest BCUT2D eigenvalue weighted by Crippen LogP contribution is -2.19. The summed E-state index contributed by atoms with van der Waals surface area (Å²) in [6.07, 6.45) is 7.54. The van der Waals surface area contributed by atoms with Gasteiger partial charge in [-0.05, 0) is 23.8 Å². The second-order valence-corrected chi connectivity index (χ2v) is 5.56. The van der Waals surface area contributed by atoms with Gasteiger partial charge in [0.2, 0.25) is 5.82 Å². The van der Waals surface area contributed by atoms with Crippen molar-refractivity contribution in [2.45, 2.75) is 6.54 Å². The third-order valence-corrected chi connectivity index (χ3v) is 3.70. The van der Waals surface area contributed by atoms with Crippen LogP contribution in [-0.2, 0) is 6.54 Å². The molecule has 0 aliphatic carbocycles. The molecule has 0 saturated carbocycles. The predicted molar refractivity (Wildman–Crippen MR) is 90.5 cm³/mol. The van der Waals surface area contributed by atoms with Crippen molar-refractivity contribution in [2.75, 3.05) is 0 Å². The van der Waals surface area contributed by atoms with E-state index in [0.717, 1.165) is 11.8 Å². The van der Waals surface area contributed by atoms with Crippen molar-refractivity contribution in [2.24, 2.45) is 0 Å². The van der Waals surface area contributed by atoms with E-state index >= 15 is 0 Å². The molecule has 7 nitrogen and oxygen atoms in total. The van der Waals surface area contributed by atoms with Crippen LogP contribution in [0.4, 0.5) is 4.39 Å². The molecule has 0 atom stereocenters. The summed E-state index contributed by atoms with van der Waals surface area (Å²) in [6.45, 7) is 0.370. The molecule has 0 bridgehead atoms. The van der Waals surface area contributed by atoms with Crippen LogP contribution in [0.1, 0.15) is 5.56 Å². The average Bonchev–Trinajstić information content (AvgIpc) is 3.15. The number of hydrogen-bond acceptors (Lipinski definition) is 6. The lowest BCUT2D eigenvalue weighted by Gasteiger charge is -2.06. The first kappa shape index (κ1) is 15.8. The van der Waals surface area contributed by atoms with Crippen molar-refractivity contribution < 1.29 is 8.91 Å². The molecular weight excluding hydrogens is 337 g/mol. The Morgan fingerprint density at radius 1 is 1.08 bits per heavy atom. The van der Waals surface area contributed by atoms with Gasteiger partial charge in [0.25, 0.3) is 11.4 Å². The number of halogens is 1. The summed E-state index contributed by atoms with van der Waals surface area (Å²) >= 11 is 0. The minimum absolute atomic E-state index is 0.160. The van der Waals surface area contributed by atoms with Gasteiger partial charge in [-0.1, -0.05) is 11.2 Å². The first-order valence-electron chi connectivity index (χ1n) is 7.73. The van der Waals surface area contributed by atoms with Gasteiger partial charge in [0.15, 0.2) is 0 Å². The van der Waals surface area contributed by atoms with E-state index in [1.165, 1.54) is 22.9 Å². The summed E-state index contributed by atoms with van der Waals surface area (Å²) in [5, 5.41) is 3.85. The van der Waals surface area contributed by atoms with Crippen LogP contribution < -0.4 is 5.56 Å². The number of pyridine rings is 3. The summed E-state index contributed by atoms with van der Waals surface area (Å²) in [7, 11) is 0. The average molecular weight is 349 g/mol. The van der Waals surface area contributed by atoms with E-state index in [-0.39, 0.29) is 17.3 Å². The molecule has 4 heterocycles. The van der Waals surface area contributed by atoms with Gasteiger partial charge in [0, 0.05) is 36.4 Å². The fourth-order valence-corrected chi connectivity index (χ4v) is 2.46. The Hall–Kier alpha value is -3.68. The minimum Gasteiger partial charge on any atom is -0.334 e. The fraction of sp³-hybridized carbons (Fsp3) is 0.0556. The zero-order valence-electron chi connectivity index (χ0n) is 13.4. The molecule has 8 heteroatoms. The van der Waals surface area contributed by atoms with Crippen molar-refractivity contribution in [3.63, 3.8) is 0 Å². The van der Waals surface area contributed by atoms with Crippen LogP contribution in [0.15, 0.2) is 70.6 Å². The Morgan fingerprint density at radius 2 is 2.00 bits per heavy atom. The van der Waals surface area contributed by atoms with Gasteiger partial charge in [-0.15, -0.1) is 0 Å². The second kappa shape index (κ2) is 6.67. The Bertz CT molecular complexity index is 1110. The molecular formula is C18H12FN5O2. The topological polar surface area (TPSA) is 86.7 Å². The first-order chi connectivity index (χ1) is 12.7. The number of nitrogens with zero attached hydrogens (tertiary/aromatic N) is 5. The second-order valence-electron chi connectivity index (χ2n) is 5.56. The molecule has 0 aromatic carbocycles. The molecule has 4 aromatic rings. The fourth-order valence-electron chi connectivity index (χ4n) is 2.46. The Morgan fingerprint density at radius 3 is 2.81 bits per heavy atom. The monoisotopic (exact) mass is 349 g/mol.